The zero-order valence-electron chi connectivity index (χ0n) is 12.6. The standard InChI is InChI=1S/C18H23NO2/c1-3-14-19-18(17(20)21-4-2)12-10-16(11-13-18)15-8-6-5-7-9-15/h1,5-9,16,19H,4,10-14H2,2H3. The Balaban J connectivity index is 2.06. The Kier molecular flexibility index (Phi) is 5.41. The van der Waals surface area contributed by atoms with Crippen LogP contribution in [-0.4, -0.2) is 24.7 Å². The van der Waals surface area contributed by atoms with Gasteiger partial charge in [-0.05, 0) is 44.1 Å². The summed E-state index contributed by atoms with van der Waals surface area (Å²) in [6.45, 7) is 2.64. The summed E-state index contributed by atoms with van der Waals surface area (Å²) in [5, 5.41) is 3.23. The van der Waals surface area contributed by atoms with E-state index in [1.54, 1.807) is 0 Å². The Bertz CT molecular complexity index is 496. The van der Waals surface area contributed by atoms with Gasteiger partial charge < -0.3 is 4.74 Å². The minimum atomic E-state index is -0.604. The van der Waals surface area contributed by atoms with Crippen LogP contribution < -0.4 is 5.32 Å². The molecule has 0 aromatic heterocycles. The van der Waals surface area contributed by atoms with E-state index in [4.69, 9.17) is 11.2 Å². The van der Waals surface area contributed by atoms with Crippen molar-refractivity contribution >= 4 is 5.97 Å². The quantitative estimate of drug-likeness (QED) is 0.668. The van der Waals surface area contributed by atoms with E-state index in [1.807, 2.05) is 13.0 Å². The third-order valence-corrected chi connectivity index (χ3v) is 4.31. The monoisotopic (exact) mass is 285 g/mol. The van der Waals surface area contributed by atoms with Crippen LogP contribution in [0.5, 0.6) is 0 Å². The molecule has 1 aromatic carbocycles. The van der Waals surface area contributed by atoms with Crippen molar-refractivity contribution < 1.29 is 9.53 Å². The van der Waals surface area contributed by atoms with Crippen molar-refractivity contribution in [3.63, 3.8) is 0 Å². The van der Waals surface area contributed by atoms with Gasteiger partial charge in [0.1, 0.15) is 5.54 Å². The summed E-state index contributed by atoms with van der Waals surface area (Å²) in [5.74, 6) is 2.92. The molecule has 0 bridgehead atoms. The lowest BCUT2D eigenvalue weighted by Gasteiger charge is -2.38. The molecule has 0 heterocycles. The van der Waals surface area contributed by atoms with Crippen molar-refractivity contribution in [3.8, 4) is 12.3 Å². The van der Waals surface area contributed by atoms with Gasteiger partial charge in [-0.3, -0.25) is 10.1 Å². The molecule has 112 valence electrons. The molecule has 0 saturated heterocycles. The normalized spacial score (nSPS) is 25.0. The second-order valence-electron chi connectivity index (χ2n) is 5.55. The molecule has 1 aromatic rings. The fourth-order valence-electron chi connectivity index (χ4n) is 3.11. The van der Waals surface area contributed by atoms with Crippen LogP contribution in [0.1, 0.15) is 44.1 Å². The van der Waals surface area contributed by atoms with E-state index in [0.717, 1.165) is 25.7 Å². The van der Waals surface area contributed by atoms with Crippen molar-refractivity contribution in [2.75, 3.05) is 13.2 Å². The Morgan fingerprint density at radius 1 is 1.38 bits per heavy atom. The van der Waals surface area contributed by atoms with Crippen LogP contribution in [0.3, 0.4) is 0 Å². The molecule has 0 atom stereocenters. The first-order valence-electron chi connectivity index (χ1n) is 7.62. The second-order valence-corrected chi connectivity index (χ2v) is 5.55. The zero-order chi connectivity index (χ0) is 15.1. The predicted octanol–water partition coefficient (Wildman–Crippen LogP) is 2.87. The van der Waals surface area contributed by atoms with E-state index in [-0.39, 0.29) is 5.97 Å². The van der Waals surface area contributed by atoms with Crippen molar-refractivity contribution in [1.29, 1.82) is 0 Å². The third kappa shape index (κ3) is 3.65. The Morgan fingerprint density at radius 3 is 2.62 bits per heavy atom. The van der Waals surface area contributed by atoms with Crippen LogP contribution in [0, 0.1) is 12.3 Å². The average molecular weight is 285 g/mol. The number of benzene rings is 1. The second kappa shape index (κ2) is 7.28. The van der Waals surface area contributed by atoms with Gasteiger partial charge in [0.15, 0.2) is 0 Å². The first kappa shape index (κ1) is 15.6. The molecule has 1 aliphatic carbocycles. The predicted molar refractivity (Wildman–Crippen MR) is 83.9 cm³/mol. The molecule has 0 radical (unpaired) electrons. The van der Waals surface area contributed by atoms with Gasteiger partial charge in [-0.15, -0.1) is 6.42 Å². The third-order valence-electron chi connectivity index (χ3n) is 4.31. The molecule has 1 N–H and O–H groups in total. The highest BCUT2D eigenvalue weighted by Gasteiger charge is 2.42. The number of hydrogen-bond donors (Lipinski definition) is 1. The van der Waals surface area contributed by atoms with Crippen LogP contribution in [0.4, 0.5) is 0 Å². The number of terminal acetylenes is 1. The van der Waals surface area contributed by atoms with Gasteiger partial charge in [0.25, 0.3) is 0 Å². The average Bonchev–Trinajstić information content (AvgIpc) is 2.54. The summed E-state index contributed by atoms with van der Waals surface area (Å²) in [6, 6.07) is 10.5. The Hall–Kier alpha value is -1.79. The molecule has 0 spiro atoms. The Morgan fingerprint density at radius 2 is 2.05 bits per heavy atom. The summed E-state index contributed by atoms with van der Waals surface area (Å²) < 4.78 is 5.25. The highest BCUT2D eigenvalue weighted by Crippen LogP contribution is 2.38. The summed E-state index contributed by atoms with van der Waals surface area (Å²) in [5.41, 5.74) is 0.750. The van der Waals surface area contributed by atoms with E-state index >= 15 is 0 Å². The summed E-state index contributed by atoms with van der Waals surface area (Å²) in [7, 11) is 0. The topological polar surface area (TPSA) is 38.3 Å². The maximum absolute atomic E-state index is 12.3. The minimum absolute atomic E-state index is 0.160. The first-order valence-corrected chi connectivity index (χ1v) is 7.62. The van der Waals surface area contributed by atoms with Gasteiger partial charge in [0.2, 0.25) is 0 Å². The van der Waals surface area contributed by atoms with Crippen molar-refractivity contribution in [1.82, 2.24) is 5.32 Å². The molecule has 0 unspecified atom stereocenters. The summed E-state index contributed by atoms with van der Waals surface area (Å²) in [6.07, 6.45) is 8.82. The molecule has 0 aliphatic heterocycles. The zero-order valence-corrected chi connectivity index (χ0v) is 12.6. The molecule has 21 heavy (non-hydrogen) atoms. The smallest absolute Gasteiger partial charge is 0.326 e. The van der Waals surface area contributed by atoms with Crippen LogP contribution in [-0.2, 0) is 9.53 Å². The Labute approximate surface area is 127 Å². The number of esters is 1. The molecule has 0 amide bonds. The molecule has 1 fully saturated rings. The summed E-state index contributed by atoms with van der Waals surface area (Å²) >= 11 is 0. The van der Waals surface area contributed by atoms with Crippen molar-refractivity contribution in [2.24, 2.45) is 0 Å². The highest BCUT2D eigenvalue weighted by atomic mass is 16.5. The van der Waals surface area contributed by atoms with Gasteiger partial charge in [0, 0.05) is 0 Å². The fourth-order valence-corrected chi connectivity index (χ4v) is 3.11. The van der Waals surface area contributed by atoms with Gasteiger partial charge in [0.05, 0.1) is 13.2 Å². The number of carbonyl (C=O) groups excluding carboxylic acids is 1. The summed E-state index contributed by atoms with van der Waals surface area (Å²) in [4.78, 5) is 12.3. The maximum atomic E-state index is 12.3. The molecular weight excluding hydrogens is 262 g/mol. The van der Waals surface area contributed by atoms with Gasteiger partial charge >= 0.3 is 5.97 Å². The SMILES string of the molecule is C#CCNC1(C(=O)OCC)CCC(c2ccccc2)CC1. The van der Waals surface area contributed by atoms with Crippen LogP contribution in [0.15, 0.2) is 30.3 Å². The van der Waals surface area contributed by atoms with Crippen LogP contribution in [0.2, 0.25) is 0 Å². The van der Waals surface area contributed by atoms with Crippen molar-refractivity contribution in [3.05, 3.63) is 35.9 Å². The maximum Gasteiger partial charge on any atom is 0.326 e. The first-order chi connectivity index (χ1) is 10.2. The molecule has 3 heteroatoms. The number of ether oxygens (including phenoxy) is 1. The molecule has 3 nitrogen and oxygen atoms in total. The van der Waals surface area contributed by atoms with E-state index < -0.39 is 5.54 Å². The minimum Gasteiger partial charge on any atom is -0.465 e. The molecule has 1 saturated carbocycles. The van der Waals surface area contributed by atoms with E-state index in [1.165, 1.54) is 5.56 Å². The molecular formula is C18H23NO2. The van der Waals surface area contributed by atoms with Gasteiger partial charge in [-0.25, -0.2) is 0 Å². The molecule has 2 rings (SSSR count). The van der Waals surface area contributed by atoms with E-state index in [2.05, 4.69) is 35.5 Å². The highest BCUT2D eigenvalue weighted by molar-refractivity contribution is 5.81. The van der Waals surface area contributed by atoms with E-state index in [0.29, 0.717) is 19.1 Å². The van der Waals surface area contributed by atoms with Crippen LogP contribution in [0.25, 0.3) is 0 Å². The van der Waals surface area contributed by atoms with Crippen LogP contribution >= 0.6 is 0 Å². The van der Waals surface area contributed by atoms with Crippen molar-refractivity contribution in [2.45, 2.75) is 44.1 Å². The number of carbonyl (C=O) groups is 1. The number of hydrogen-bond acceptors (Lipinski definition) is 3. The lowest BCUT2D eigenvalue weighted by atomic mass is 9.74. The number of rotatable bonds is 5. The fraction of sp³-hybridized carbons (Fsp3) is 0.500. The van der Waals surface area contributed by atoms with Gasteiger partial charge in [-0.2, -0.15) is 0 Å². The lowest BCUT2D eigenvalue weighted by molar-refractivity contribution is -0.152. The number of nitrogens with one attached hydrogen (secondary N) is 1. The van der Waals surface area contributed by atoms with Gasteiger partial charge in [-0.1, -0.05) is 36.3 Å². The largest absolute Gasteiger partial charge is 0.465 e. The lowest BCUT2D eigenvalue weighted by Crippen LogP contribution is -2.55. The molecule has 1 aliphatic rings. The van der Waals surface area contributed by atoms with E-state index in [9.17, 15) is 4.79 Å².